The molecule has 2 aromatic carbocycles. The second-order valence-electron chi connectivity index (χ2n) is 7.18. The zero-order chi connectivity index (χ0) is 21.1. The number of rotatable bonds is 6. The van der Waals surface area contributed by atoms with Gasteiger partial charge in [0.05, 0.1) is 11.6 Å². The van der Waals surface area contributed by atoms with E-state index < -0.39 is 23.5 Å². The van der Waals surface area contributed by atoms with Crippen molar-refractivity contribution in [3.63, 3.8) is 0 Å². The lowest BCUT2D eigenvalue weighted by Gasteiger charge is -2.26. The van der Waals surface area contributed by atoms with Crippen molar-refractivity contribution in [2.45, 2.75) is 12.5 Å². The van der Waals surface area contributed by atoms with E-state index >= 15 is 0 Å². The number of carbonyl (C=O) groups excluding carboxylic acids is 2. The number of Topliss-reactive ketones (excluding diaryl/α,β-unsaturated/α-hetero) is 1. The van der Waals surface area contributed by atoms with Gasteiger partial charge in [0.15, 0.2) is 0 Å². The fraction of sp³-hybridized carbons (Fsp3) is 0.273. The van der Waals surface area contributed by atoms with Crippen molar-refractivity contribution >= 4 is 29.1 Å². The van der Waals surface area contributed by atoms with Crippen LogP contribution in [0.4, 0.5) is 4.39 Å². The minimum Gasteiger partial charge on any atom is -0.507 e. The largest absolute Gasteiger partial charge is 0.507 e. The summed E-state index contributed by atoms with van der Waals surface area (Å²) in [4.78, 5) is 28.9. The highest BCUT2D eigenvalue weighted by atomic mass is 35.5. The highest BCUT2D eigenvalue weighted by Gasteiger charge is 2.46. The quantitative estimate of drug-likeness (QED) is 0.441. The highest BCUT2D eigenvalue weighted by molar-refractivity contribution is 6.46. The van der Waals surface area contributed by atoms with Crippen LogP contribution in [0.5, 0.6) is 0 Å². The summed E-state index contributed by atoms with van der Waals surface area (Å²) in [6.07, 6.45) is 0.603. The summed E-state index contributed by atoms with van der Waals surface area (Å²) in [6.45, 7) is 0.962. The topological polar surface area (TPSA) is 60.9 Å². The number of carbonyl (C=O) groups is 2. The first-order valence-corrected chi connectivity index (χ1v) is 9.62. The minimum absolute atomic E-state index is 0.118. The van der Waals surface area contributed by atoms with Gasteiger partial charge in [-0.15, -0.1) is 0 Å². The van der Waals surface area contributed by atoms with Gasteiger partial charge in [-0.2, -0.15) is 0 Å². The fourth-order valence-electron chi connectivity index (χ4n) is 3.45. The molecule has 1 atom stereocenters. The molecule has 0 saturated carbocycles. The molecule has 0 spiro atoms. The van der Waals surface area contributed by atoms with Crippen LogP contribution in [0.25, 0.3) is 5.76 Å². The molecule has 1 amide bonds. The van der Waals surface area contributed by atoms with E-state index in [0.29, 0.717) is 23.6 Å². The predicted molar refractivity (Wildman–Crippen MR) is 110 cm³/mol. The summed E-state index contributed by atoms with van der Waals surface area (Å²) in [5.74, 6) is -2.45. The third-order valence-corrected chi connectivity index (χ3v) is 5.11. The average molecular weight is 417 g/mol. The van der Waals surface area contributed by atoms with Crippen LogP contribution >= 0.6 is 11.6 Å². The standard InChI is InChI=1S/C22H22ClFN2O3/c1-25(2)12-5-13-26-19(16-6-3-4-7-17(16)24)18(21(28)22(26)29)20(27)14-8-10-15(23)11-9-14/h3-4,6-11,19,27H,5,12-13H2,1-2H3/t19-/m0/s1. The first-order chi connectivity index (χ1) is 13.8. The second kappa shape index (κ2) is 8.76. The van der Waals surface area contributed by atoms with Gasteiger partial charge in [0, 0.05) is 22.7 Å². The molecule has 3 rings (SSSR count). The third kappa shape index (κ3) is 4.33. The van der Waals surface area contributed by atoms with Crippen molar-refractivity contribution in [2.75, 3.05) is 27.2 Å². The highest BCUT2D eigenvalue weighted by Crippen LogP contribution is 2.40. The first kappa shape index (κ1) is 21.0. The molecule has 1 aliphatic heterocycles. The molecule has 5 nitrogen and oxygen atoms in total. The maximum atomic E-state index is 14.6. The molecule has 1 N–H and O–H groups in total. The molecule has 2 aromatic rings. The Hall–Kier alpha value is -2.70. The van der Waals surface area contributed by atoms with E-state index in [1.165, 1.54) is 23.1 Å². The van der Waals surface area contributed by atoms with Crippen LogP contribution in [0.2, 0.25) is 5.02 Å². The lowest BCUT2D eigenvalue weighted by molar-refractivity contribution is -0.140. The Bertz CT molecular complexity index is 957. The van der Waals surface area contributed by atoms with Gasteiger partial charge in [-0.1, -0.05) is 29.8 Å². The van der Waals surface area contributed by atoms with E-state index in [9.17, 15) is 19.1 Å². The summed E-state index contributed by atoms with van der Waals surface area (Å²) in [5.41, 5.74) is 0.390. The van der Waals surface area contributed by atoms with E-state index in [2.05, 4.69) is 0 Å². The Balaban J connectivity index is 2.11. The zero-order valence-electron chi connectivity index (χ0n) is 16.2. The van der Waals surface area contributed by atoms with Crippen molar-refractivity contribution in [3.05, 3.63) is 76.1 Å². The lowest BCUT2D eigenvalue weighted by atomic mass is 9.95. The van der Waals surface area contributed by atoms with Crippen LogP contribution in [0.15, 0.2) is 54.1 Å². The molecule has 1 aliphatic rings. The Kier molecular flexibility index (Phi) is 6.35. The molecule has 0 bridgehead atoms. The van der Waals surface area contributed by atoms with Gasteiger partial charge in [-0.25, -0.2) is 4.39 Å². The Labute approximate surface area is 174 Å². The number of aliphatic hydroxyl groups excluding tert-OH is 1. The fourth-order valence-corrected chi connectivity index (χ4v) is 3.58. The summed E-state index contributed by atoms with van der Waals surface area (Å²) in [7, 11) is 3.81. The second-order valence-corrected chi connectivity index (χ2v) is 7.61. The van der Waals surface area contributed by atoms with Gasteiger partial charge in [0.25, 0.3) is 11.7 Å². The SMILES string of the molecule is CN(C)CCCN1C(=O)C(=O)C(=C(O)c2ccc(Cl)cc2)[C@@H]1c1ccccc1F. The first-order valence-electron chi connectivity index (χ1n) is 9.24. The Morgan fingerprint density at radius 2 is 1.79 bits per heavy atom. The number of amides is 1. The van der Waals surface area contributed by atoms with Crippen LogP contribution in [0.1, 0.15) is 23.6 Å². The van der Waals surface area contributed by atoms with E-state index in [1.54, 1.807) is 30.3 Å². The molecular weight excluding hydrogens is 395 g/mol. The maximum absolute atomic E-state index is 14.6. The van der Waals surface area contributed by atoms with E-state index in [1.807, 2.05) is 19.0 Å². The van der Waals surface area contributed by atoms with Gasteiger partial charge < -0.3 is 14.9 Å². The average Bonchev–Trinajstić information content (AvgIpc) is 2.93. The van der Waals surface area contributed by atoms with Crippen molar-refractivity contribution in [3.8, 4) is 0 Å². The maximum Gasteiger partial charge on any atom is 0.295 e. The third-order valence-electron chi connectivity index (χ3n) is 4.86. The smallest absolute Gasteiger partial charge is 0.295 e. The summed E-state index contributed by atoms with van der Waals surface area (Å²) < 4.78 is 14.6. The number of benzene rings is 2. The summed E-state index contributed by atoms with van der Waals surface area (Å²) in [6, 6.07) is 11.2. The predicted octanol–water partition coefficient (Wildman–Crippen LogP) is 3.85. The van der Waals surface area contributed by atoms with E-state index in [4.69, 9.17) is 11.6 Å². The Morgan fingerprint density at radius 3 is 2.41 bits per heavy atom. The molecule has 1 fully saturated rings. The molecule has 29 heavy (non-hydrogen) atoms. The number of halogens is 2. The number of hydrogen-bond donors (Lipinski definition) is 1. The van der Waals surface area contributed by atoms with Crippen molar-refractivity contribution in [1.29, 1.82) is 0 Å². The van der Waals surface area contributed by atoms with Gasteiger partial charge in [-0.05, 0) is 57.4 Å². The molecule has 1 saturated heterocycles. The zero-order valence-corrected chi connectivity index (χ0v) is 17.0. The van der Waals surface area contributed by atoms with E-state index in [-0.39, 0.29) is 23.4 Å². The van der Waals surface area contributed by atoms with Crippen LogP contribution in [-0.2, 0) is 9.59 Å². The molecular formula is C22H22ClFN2O3. The normalized spacial score (nSPS) is 18.7. The van der Waals surface area contributed by atoms with Crippen LogP contribution in [0, 0.1) is 5.82 Å². The molecule has 152 valence electrons. The lowest BCUT2D eigenvalue weighted by Crippen LogP contribution is -2.32. The molecule has 0 aliphatic carbocycles. The monoisotopic (exact) mass is 416 g/mol. The van der Waals surface area contributed by atoms with Crippen molar-refractivity contribution in [1.82, 2.24) is 9.80 Å². The molecule has 7 heteroatoms. The number of hydrogen-bond acceptors (Lipinski definition) is 4. The van der Waals surface area contributed by atoms with Gasteiger partial charge in [0.2, 0.25) is 0 Å². The molecule has 0 radical (unpaired) electrons. The minimum atomic E-state index is -0.992. The molecule has 0 unspecified atom stereocenters. The molecule has 0 aromatic heterocycles. The van der Waals surface area contributed by atoms with E-state index in [0.717, 1.165) is 0 Å². The van der Waals surface area contributed by atoms with Crippen LogP contribution in [0.3, 0.4) is 0 Å². The summed E-state index contributed by atoms with van der Waals surface area (Å²) >= 11 is 5.90. The van der Waals surface area contributed by atoms with Crippen molar-refractivity contribution in [2.24, 2.45) is 0 Å². The number of ketones is 1. The van der Waals surface area contributed by atoms with Crippen LogP contribution in [-0.4, -0.2) is 53.8 Å². The van der Waals surface area contributed by atoms with Gasteiger partial charge in [-0.3, -0.25) is 9.59 Å². The number of aliphatic hydroxyl groups is 1. The van der Waals surface area contributed by atoms with Crippen molar-refractivity contribution < 1.29 is 19.1 Å². The van der Waals surface area contributed by atoms with Gasteiger partial charge in [0.1, 0.15) is 11.6 Å². The molecule has 1 heterocycles. The Morgan fingerprint density at radius 1 is 1.14 bits per heavy atom. The summed E-state index contributed by atoms with van der Waals surface area (Å²) in [5, 5.41) is 11.3. The number of likely N-dealkylation sites (tertiary alicyclic amines) is 1. The van der Waals surface area contributed by atoms with Crippen LogP contribution < -0.4 is 0 Å². The van der Waals surface area contributed by atoms with Gasteiger partial charge >= 0.3 is 0 Å². The number of nitrogens with zero attached hydrogens (tertiary/aromatic N) is 2.